The van der Waals surface area contributed by atoms with E-state index in [4.69, 9.17) is 4.98 Å². The molecule has 1 aromatic carbocycles. The number of pyridine rings is 1. The summed E-state index contributed by atoms with van der Waals surface area (Å²) in [5.74, 6) is 1.95. The van der Waals surface area contributed by atoms with Crippen molar-refractivity contribution in [2.75, 3.05) is 14.1 Å². The van der Waals surface area contributed by atoms with Crippen molar-refractivity contribution < 1.29 is 4.39 Å². The zero-order valence-electron chi connectivity index (χ0n) is 15.8. The second kappa shape index (κ2) is 7.33. The Labute approximate surface area is 153 Å². The first-order valence-electron chi connectivity index (χ1n) is 8.70. The van der Waals surface area contributed by atoms with Crippen molar-refractivity contribution in [2.45, 2.75) is 32.7 Å². The van der Waals surface area contributed by atoms with Gasteiger partial charge in [0.25, 0.3) is 0 Å². The third kappa shape index (κ3) is 3.51. The molecule has 1 atom stereocenters. The van der Waals surface area contributed by atoms with Crippen LogP contribution >= 0.6 is 0 Å². The molecule has 5 nitrogen and oxygen atoms in total. The highest BCUT2D eigenvalue weighted by Gasteiger charge is 2.28. The summed E-state index contributed by atoms with van der Waals surface area (Å²) in [6.07, 6.45) is 0. The Balaban J connectivity index is 2.23. The fraction of sp³-hybridized carbons (Fsp3) is 0.350. The lowest BCUT2D eigenvalue weighted by atomic mass is 10.0. The summed E-state index contributed by atoms with van der Waals surface area (Å²) in [5.41, 5.74) is 1.46. The van der Waals surface area contributed by atoms with Crippen LogP contribution in [-0.4, -0.2) is 38.7 Å². The predicted octanol–water partition coefficient (Wildman–Crippen LogP) is 3.88. The van der Waals surface area contributed by atoms with Crippen molar-refractivity contribution in [2.24, 2.45) is 0 Å². The lowest BCUT2D eigenvalue weighted by Gasteiger charge is -2.24. The number of rotatable bonds is 5. The zero-order chi connectivity index (χ0) is 18.8. The Bertz CT molecular complexity index is 901. The molecule has 0 saturated carbocycles. The van der Waals surface area contributed by atoms with Gasteiger partial charge in [0, 0.05) is 17.2 Å². The van der Waals surface area contributed by atoms with Gasteiger partial charge in [0.05, 0.1) is 6.04 Å². The van der Waals surface area contributed by atoms with Gasteiger partial charge in [0.15, 0.2) is 17.5 Å². The van der Waals surface area contributed by atoms with Crippen molar-refractivity contribution >= 4 is 0 Å². The molecule has 0 saturated heterocycles. The highest BCUT2D eigenvalue weighted by atomic mass is 19.1. The van der Waals surface area contributed by atoms with E-state index < -0.39 is 0 Å². The van der Waals surface area contributed by atoms with E-state index in [-0.39, 0.29) is 17.8 Å². The Morgan fingerprint density at radius 2 is 1.73 bits per heavy atom. The average Bonchev–Trinajstić information content (AvgIpc) is 3.02. The summed E-state index contributed by atoms with van der Waals surface area (Å²) < 4.78 is 16.3. The molecule has 3 aromatic rings. The highest BCUT2D eigenvalue weighted by Crippen LogP contribution is 2.29. The van der Waals surface area contributed by atoms with Gasteiger partial charge in [-0.1, -0.05) is 38.1 Å². The minimum absolute atomic E-state index is 0.156. The van der Waals surface area contributed by atoms with E-state index in [1.807, 2.05) is 64.0 Å². The lowest BCUT2D eigenvalue weighted by Crippen LogP contribution is -2.25. The molecule has 0 bridgehead atoms. The molecule has 3 rings (SSSR count). The average molecular weight is 353 g/mol. The van der Waals surface area contributed by atoms with Gasteiger partial charge in [-0.2, -0.15) is 4.68 Å². The van der Waals surface area contributed by atoms with Crippen LogP contribution in [0.15, 0.2) is 42.5 Å². The molecule has 2 heterocycles. The number of hydrogen-bond acceptors (Lipinski definition) is 4. The Hall–Kier alpha value is -2.60. The van der Waals surface area contributed by atoms with Crippen LogP contribution in [0.25, 0.3) is 5.82 Å². The first-order valence-corrected chi connectivity index (χ1v) is 8.70. The molecule has 0 radical (unpaired) electrons. The minimum atomic E-state index is -0.376. The fourth-order valence-corrected chi connectivity index (χ4v) is 2.92. The number of nitrogens with zero attached hydrogens (tertiary/aromatic N) is 5. The van der Waals surface area contributed by atoms with Crippen LogP contribution in [0.5, 0.6) is 0 Å². The molecule has 26 heavy (non-hydrogen) atoms. The summed E-state index contributed by atoms with van der Waals surface area (Å²) in [4.78, 5) is 11.3. The molecule has 0 aliphatic carbocycles. The largest absolute Gasteiger partial charge is 0.296 e. The number of halogens is 1. The monoisotopic (exact) mass is 353 g/mol. The molecule has 6 heteroatoms. The molecule has 0 spiro atoms. The quantitative estimate of drug-likeness (QED) is 0.698. The van der Waals surface area contributed by atoms with Gasteiger partial charge in [-0.3, -0.25) is 4.90 Å². The maximum atomic E-state index is 14.5. The fourth-order valence-electron chi connectivity index (χ4n) is 2.92. The maximum absolute atomic E-state index is 14.5. The second-order valence-corrected chi connectivity index (χ2v) is 6.92. The van der Waals surface area contributed by atoms with E-state index in [0.29, 0.717) is 23.0 Å². The molecular formula is C20H24FN5. The van der Waals surface area contributed by atoms with Crippen LogP contribution in [-0.2, 0) is 0 Å². The standard InChI is InChI=1S/C20H24FN5/c1-13(2)19-23-20(26(24-19)17-12-8-9-14(3)22-17)18(25(4)5)15-10-6-7-11-16(15)21/h6-13,18H,1-5H3/t18-/m1/s1. The molecular weight excluding hydrogens is 329 g/mol. The predicted molar refractivity (Wildman–Crippen MR) is 99.9 cm³/mol. The van der Waals surface area contributed by atoms with Gasteiger partial charge >= 0.3 is 0 Å². The molecule has 0 aliphatic rings. The van der Waals surface area contributed by atoms with Crippen LogP contribution in [0.3, 0.4) is 0 Å². The third-order valence-corrected chi connectivity index (χ3v) is 4.22. The Kier molecular flexibility index (Phi) is 5.13. The van der Waals surface area contributed by atoms with E-state index in [1.54, 1.807) is 16.8 Å². The van der Waals surface area contributed by atoms with Crippen LogP contribution in [0.2, 0.25) is 0 Å². The van der Waals surface area contributed by atoms with Gasteiger partial charge in [-0.05, 0) is 39.2 Å². The first kappa shape index (κ1) is 18.2. The van der Waals surface area contributed by atoms with Gasteiger partial charge in [-0.15, -0.1) is 5.10 Å². The molecule has 0 fully saturated rings. The van der Waals surface area contributed by atoms with E-state index in [9.17, 15) is 4.39 Å². The summed E-state index contributed by atoms with van der Waals surface area (Å²) >= 11 is 0. The zero-order valence-corrected chi connectivity index (χ0v) is 15.8. The lowest BCUT2D eigenvalue weighted by molar-refractivity contribution is 0.317. The van der Waals surface area contributed by atoms with Crippen LogP contribution in [0.1, 0.15) is 48.7 Å². The normalized spacial score (nSPS) is 12.8. The topological polar surface area (TPSA) is 46.8 Å². The molecule has 0 N–H and O–H groups in total. The summed E-state index contributed by atoms with van der Waals surface area (Å²) in [5, 5.41) is 4.67. The molecule has 136 valence electrons. The minimum Gasteiger partial charge on any atom is -0.296 e. The SMILES string of the molecule is Cc1cccc(-n2nc(C(C)C)nc2[C@@H](c2ccccc2F)N(C)C)n1. The summed E-state index contributed by atoms with van der Waals surface area (Å²) in [7, 11) is 3.82. The van der Waals surface area contributed by atoms with Crippen LogP contribution < -0.4 is 0 Å². The Morgan fingerprint density at radius 1 is 1.00 bits per heavy atom. The smallest absolute Gasteiger partial charge is 0.156 e. The van der Waals surface area contributed by atoms with Crippen molar-refractivity contribution in [3.05, 3.63) is 71.2 Å². The van der Waals surface area contributed by atoms with Gasteiger partial charge < -0.3 is 0 Å². The third-order valence-electron chi connectivity index (χ3n) is 4.22. The number of benzene rings is 1. The van der Waals surface area contributed by atoms with E-state index in [2.05, 4.69) is 10.1 Å². The van der Waals surface area contributed by atoms with Gasteiger partial charge in [0.2, 0.25) is 0 Å². The van der Waals surface area contributed by atoms with Crippen LogP contribution in [0.4, 0.5) is 4.39 Å². The van der Waals surface area contributed by atoms with Crippen molar-refractivity contribution in [3.8, 4) is 5.82 Å². The van der Waals surface area contributed by atoms with Crippen molar-refractivity contribution in [3.63, 3.8) is 0 Å². The Morgan fingerprint density at radius 3 is 2.35 bits per heavy atom. The van der Waals surface area contributed by atoms with Gasteiger partial charge in [-0.25, -0.2) is 14.4 Å². The molecule has 0 amide bonds. The molecule has 0 unspecified atom stereocenters. The van der Waals surface area contributed by atoms with Gasteiger partial charge in [0.1, 0.15) is 5.82 Å². The molecule has 0 aliphatic heterocycles. The highest BCUT2D eigenvalue weighted by molar-refractivity contribution is 5.32. The van der Waals surface area contributed by atoms with Crippen LogP contribution in [0, 0.1) is 12.7 Å². The number of aryl methyl sites for hydroxylation is 1. The van der Waals surface area contributed by atoms with E-state index >= 15 is 0 Å². The maximum Gasteiger partial charge on any atom is 0.156 e. The second-order valence-electron chi connectivity index (χ2n) is 6.92. The number of aromatic nitrogens is 4. The summed E-state index contributed by atoms with van der Waals surface area (Å²) in [6, 6.07) is 12.2. The summed E-state index contributed by atoms with van der Waals surface area (Å²) in [6.45, 7) is 6.02. The van der Waals surface area contributed by atoms with E-state index in [0.717, 1.165) is 5.69 Å². The first-order chi connectivity index (χ1) is 12.4. The van der Waals surface area contributed by atoms with Crippen molar-refractivity contribution in [1.82, 2.24) is 24.6 Å². The molecule has 2 aromatic heterocycles. The van der Waals surface area contributed by atoms with E-state index in [1.165, 1.54) is 6.07 Å². The van der Waals surface area contributed by atoms with Crippen molar-refractivity contribution in [1.29, 1.82) is 0 Å². The number of hydrogen-bond donors (Lipinski definition) is 0.